The molecule has 0 amide bonds. The van der Waals surface area contributed by atoms with Crippen molar-refractivity contribution in [2.45, 2.75) is 28.0 Å². The number of nitrogens with zero attached hydrogens (tertiary/aromatic N) is 1. The Morgan fingerprint density at radius 3 is 1.88 bits per heavy atom. The molecule has 3 aromatic rings. The average molecular weight is 418 g/mol. The van der Waals surface area contributed by atoms with Crippen LogP contribution in [0.4, 0.5) is 0 Å². The smallest absolute Gasteiger partial charge is 0.106 e. The van der Waals surface area contributed by atoms with E-state index in [0.29, 0.717) is 0 Å². The number of aliphatic hydroxyl groups excluding tert-OH is 1. The summed E-state index contributed by atoms with van der Waals surface area (Å²) in [7, 11) is 7.13. The van der Waals surface area contributed by atoms with E-state index in [1.54, 1.807) is 21.6 Å². The lowest BCUT2D eigenvalue weighted by molar-refractivity contribution is 0.282. The van der Waals surface area contributed by atoms with Gasteiger partial charge in [0.25, 0.3) is 0 Å². The maximum atomic E-state index is 9.07. The van der Waals surface area contributed by atoms with Gasteiger partial charge in [0.05, 0.1) is 6.61 Å². The number of pyridine rings is 1. The van der Waals surface area contributed by atoms with Crippen molar-refractivity contribution >= 4 is 43.2 Å². The molecule has 6 heteroatoms. The van der Waals surface area contributed by atoms with Gasteiger partial charge >= 0.3 is 0 Å². The molecule has 26 heavy (non-hydrogen) atoms. The molecular formula is C20H19NOS4. The van der Waals surface area contributed by atoms with Crippen LogP contribution >= 0.6 is 43.2 Å². The molecule has 2 aromatic carbocycles. The summed E-state index contributed by atoms with van der Waals surface area (Å²) in [6.45, 7) is 0.100. The summed E-state index contributed by atoms with van der Waals surface area (Å²) in [5, 5.41) is 10.1. The fourth-order valence-corrected chi connectivity index (χ4v) is 6.19. The maximum absolute atomic E-state index is 9.07. The van der Waals surface area contributed by atoms with E-state index in [4.69, 9.17) is 5.11 Å². The molecular weight excluding hydrogens is 398 g/mol. The topological polar surface area (TPSA) is 33.1 Å². The number of hydrogen-bond donors (Lipinski definition) is 1. The minimum absolute atomic E-state index is 0.100. The fraction of sp³-hybridized carbons (Fsp3) is 0.150. The fourth-order valence-electron chi connectivity index (χ4n) is 2.10. The van der Waals surface area contributed by atoms with E-state index < -0.39 is 0 Å². The molecule has 1 aromatic heterocycles. The summed E-state index contributed by atoms with van der Waals surface area (Å²) in [6.07, 6.45) is 1.83. The molecule has 0 saturated carbocycles. The first-order chi connectivity index (χ1) is 12.8. The molecule has 1 N–H and O–H groups in total. The lowest BCUT2D eigenvalue weighted by Crippen LogP contribution is -1.83. The second kappa shape index (κ2) is 10.9. The van der Waals surface area contributed by atoms with Crippen molar-refractivity contribution in [3.8, 4) is 0 Å². The average Bonchev–Trinajstić information content (AvgIpc) is 2.70. The predicted molar refractivity (Wildman–Crippen MR) is 117 cm³/mol. The van der Waals surface area contributed by atoms with Crippen molar-refractivity contribution in [1.29, 1.82) is 0 Å². The summed E-state index contributed by atoms with van der Waals surface area (Å²) >= 11 is 0. The lowest BCUT2D eigenvalue weighted by Gasteiger charge is -2.05. The van der Waals surface area contributed by atoms with Gasteiger partial charge in [-0.1, -0.05) is 74.8 Å². The van der Waals surface area contributed by atoms with Gasteiger partial charge in [0.2, 0.25) is 0 Å². The normalized spacial score (nSPS) is 10.8. The van der Waals surface area contributed by atoms with Crippen LogP contribution in [0.5, 0.6) is 0 Å². The van der Waals surface area contributed by atoms with E-state index in [9.17, 15) is 0 Å². The molecule has 0 fully saturated rings. The Morgan fingerprint density at radius 1 is 0.692 bits per heavy atom. The van der Waals surface area contributed by atoms with Crippen molar-refractivity contribution in [2.24, 2.45) is 0 Å². The Balaban J connectivity index is 1.39. The minimum atomic E-state index is 0.100. The second-order valence-corrected chi connectivity index (χ2v) is 10.2. The summed E-state index contributed by atoms with van der Waals surface area (Å²) in [4.78, 5) is 5.53. The van der Waals surface area contributed by atoms with Crippen molar-refractivity contribution in [3.63, 3.8) is 0 Å². The summed E-state index contributed by atoms with van der Waals surface area (Å²) in [6, 6.07) is 22.9. The van der Waals surface area contributed by atoms with E-state index in [1.165, 1.54) is 16.0 Å². The monoisotopic (exact) mass is 417 g/mol. The molecule has 0 unspecified atom stereocenters. The SMILES string of the molecule is OCc1ccc(SSCc2ccc(CSSc3ccccn3)cc2)cc1. The van der Waals surface area contributed by atoms with Crippen LogP contribution in [0.2, 0.25) is 0 Å². The molecule has 0 aliphatic carbocycles. The predicted octanol–water partition coefficient (Wildman–Crippen LogP) is 6.45. The molecule has 3 rings (SSSR count). The zero-order chi connectivity index (χ0) is 18.0. The summed E-state index contributed by atoms with van der Waals surface area (Å²) in [5.41, 5.74) is 3.62. The number of aliphatic hydroxyl groups is 1. The molecule has 0 radical (unpaired) electrons. The van der Waals surface area contributed by atoms with Crippen LogP contribution in [0.1, 0.15) is 16.7 Å². The molecule has 0 aliphatic rings. The molecule has 134 valence electrons. The van der Waals surface area contributed by atoms with Crippen molar-refractivity contribution in [3.05, 3.63) is 89.6 Å². The van der Waals surface area contributed by atoms with Gasteiger partial charge in [-0.15, -0.1) is 0 Å². The highest BCUT2D eigenvalue weighted by atomic mass is 33.1. The van der Waals surface area contributed by atoms with Gasteiger partial charge < -0.3 is 5.11 Å². The quantitative estimate of drug-likeness (QED) is 0.403. The van der Waals surface area contributed by atoms with Gasteiger partial charge in [-0.2, -0.15) is 0 Å². The van der Waals surface area contributed by atoms with Crippen LogP contribution in [0, 0.1) is 0 Å². The van der Waals surface area contributed by atoms with Gasteiger partial charge in [0, 0.05) is 22.6 Å². The Bertz CT molecular complexity index is 779. The van der Waals surface area contributed by atoms with Gasteiger partial charge in [0.1, 0.15) is 5.03 Å². The van der Waals surface area contributed by atoms with Crippen LogP contribution in [0.3, 0.4) is 0 Å². The van der Waals surface area contributed by atoms with E-state index >= 15 is 0 Å². The second-order valence-electron chi connectivity index (χ2n) is 5.48. The van der Waals surface area contributed by atoms with Gasteiger partial charge in [-0.25, -0.2) is 4.98 Å². The van der Waals surface area contributed by atoms with Crippen molar-refractivity contribution < 1.29 is 5.11 Å². The summed E-state index contributed by atoms with van der Waals surface area (Å²) in [5.74, 6) is 1.95. The Morgan fingerprint density at radius 2 is 1.31 bits per heavy atom. The zero-order valence-electron chi connectivity index (χ0n) is 14.1. The third kappa shape index (κ3) is 6.59. The zero-order valence-corrected chi connectivity index (χ0v) is 17.3. The van der Waals surface area contributed by atoms with Crippen LogP contribution in [0.25, 0.3) is 0 Å². The highest BCUT2D eigenvalue weighted by molar-refractivity contribution is 8.76. The van der Waals surface area contributed by atoms with E-state index in [0.717, 1.165) is 22.1 Å². The van der Waals surface area contributed by atoms with E-state index in [2.05, 4.69) is 41.4 Å². The minimum Gasteiger partial charge on any atom is -0.392 e. The summed E-state index contributed by atoms with van der Waals surface area (Å²) < 4.78 is 0. The van der Waals surface area contributed by atoms with Gasteiger partial charge in [-0.3, -0.25) is 0 Å². The molecule has 0 spiro atoms. The number of rotatable bonds is 9. The lowest BCUT2D eigenvalue weighted by atomic mass is 10.2. The third-order valence-electron chi connectivity index (χ3n) is 3.52. The maximum Gasteiger partial charge on any atom is 0.106 e. The standard InChI is InChI=1S/C20H19NOS4/c22-13-16-8-10-19(11-9-16)25-23-14-17-4-6-18(7-5-17)15-24-26-20-3-1-2-12-21-20/h1-12,22H,13-15H2. The first kappa shape index (κ1) is 19.7. The Labute approximate surface area is 170 Å². The third-order valence-corrected chi connectivity index (χ3v) is 8.04. The molecule has 2 nitrogen and oxygen atoms in total. The van der Waals surface area contributed by atoms with E-state index in [-0.39, 0.29) is 6.61 Å². The number of benzene rings is 2. The Kier molecular flexibility index (Phi) is 8.29. The van der Waals surface area contributed by atoms with Gasteiger partial charge in [0.15, 0.2) is 0 Å². The first-order valence-electron chi connectivity index (χ1n) is 8.11. The van der Waals surface area contributed by atoms with Crippen LogP contribution in [0.15, 0.2) is 82.8 Å². The Hall–Kier alpha value is -1.05. The molecule has 0 saturated heterocycles. The number of hydrogen-bond acceptors (Lipinski definition) is 6. The molecule has 0 aliphatic heterocycles. The highest BCUT2D eigenvalue weighted by Crippen LogP contribution is 2.34. The van der Waals surface area contributed by atoms with Crippen molar-refractivity contribution in [2.75, 3.05) is 0 Å². The largest absolute Gasteiger partial charge is 0.392 e. The molecule has 1 heterocycles. The first-order valence-corrected chi connectivity index (χ1v) is 12.7. The van der Waals surface area contributed by atoms with Crippen LogP contribution in [-0.4, -0.2) is 10.1 Å². The van der Waals surface area contributed by atoms with E-state index in [1.807, 2.05) is 58.1 Å². The molecule has 0 atom stereocenters. The molecule has 0 bridgehead atoms. The number of aromatic nitrogens is 1. The van der Waals surface area contributed by atoms with Gasteiger partial charge in [-0.05, 0) is 51.7 Å². The van der Waals surface area contributed by atoms with Crippen molar-refractivity contribution in [1.82, 2.24) is 4.98 Å². The van der Waals surface area contributed by atoms with Crippen LogP contribution < -0.4 is 0 Å². The highest BCUT2D eigenvalue weighted by Gasteiger charge is 2.00. The van der Waals surface area contributed by atoms with Crippen LogP contribution in [-0.2, 0) is 18.1 Å².